The van der Waals surface area contributed by atoms with E-state index in [1.807, 2.05) is 0 Å². The molecule has 1 aliphatic carbocycles. The van der Waals surface area contributed by atoms with E-state index in [4.69, 9.17) is 0 Å². The number of rotatable bonds is 0. The highest BCUT2D eigenvalue weighted by molar-refractivity contribution is 5.46. The lowest BCUT2D eigenvalue weighted by Crippen LogP contribution is -2.14. The quantitative estimate of drug-likeness (QED) is 0.517. The lowest BCUT2D eigenvalue weighted by Gasteiger charge is -2.29. The van der Waals surface area contributed by atoms with Crippen molar-refractivity contribution in [2.75, 3.05) is 0 Å². The Morgan fingerprint density at radius 1 is 1.23 bits per heavy atom. The standard InChI is InChI=1S/C13H20/c1-9-7-11(3)12(8-10(9)2)13(4,5)6/h8H,3,7H2,1-2,4-6H3. The Bertz CT molecular complexity index is 292. The minimum atomic E-state index is 0.235. The second kappa shape index (κ2) is 3.17. The third-order valence-corrected chi connectivity index (χ3v) is 2.70. The molecule has 0 saturated carbocycles. The molecule has 72 valence electrons. The van der Waals surface area contributed by atoms with Gasteiger partial charge in [0.1, 0.15) is 0 Å². The highest BCUT2D eigenvalue weighted by Crippen LogP contribution is 2.37. The molecular weight excluding hydrogens is 156 g/mol. The largest absolute Gasteiger partial charge is 0.0952 e. The Kier molecular flexibility index (Phi) is 2.51. The van der Waals surface area contributed by atoms with Crippen LogP contribution in [-0.4, -0.2) is 0 Å². The van der Waals surface area contributed by atoms with E-state index in [1.165, 1.54) is 22.3 Å². The van der Waals surface area contributed by atoms with Crippen molar-refractivity contribution in [1.29, 1.82) is 0 Å². The molecule has 0 atom stereocenters. The maximum atomic E-state index is 4.14. The molecule has 0 fully saturated rings. The zero-order valence-corrected chi connectivity index (χ0v) is 9.49. The predicted molar refractivity (Wildman–Crippen MR) is 59.7 cm³/mol. The molecule has 0 heterocycles. The van der Waals surface area contributed by atoms with Crippen LogP contribution in [0.3, 0.4) is 0 Å². The van der Waals surface area contributed by atoms with Crippen molar-refractivity contribution in [2.24, 2.45) is 5.41 Å². The van der Waals surface area contributed by atoms with Crippen LogP contribution in [0.4, 0.5) is 0 Å². The zero-order valence-electron chi connectivity index (χ0n) is 9.49. The first-order valence-electron chi connectivity index (χ1n) is 4.89. The highest BCUT2D eigenvalue weighted by atomic mass is 14.3. The van der Waals surface area contributed by atoms with Gasteiger partial charge < -0.3 is 0 Å². The van der Waals surface area contributed by atoms with Gasteiger partial charge in [0.05, 0.1) is 0 Å². The molecule has 0 spiro atoms. The maximum Gasteiger partial charge on any atom is -0.00671 e. The zero-order chi connectivity index (χ0) is 10.2. The van der Waals surface area contributed by atoms with Gasteiger partial charge in [-0.1, -0.05) is 44.6 Å². The van der Waals surface area contributed by atoms with E-state index < -0.39 is 0 Å². The fourth-order valence-corrected chi connectivity index (χ4v) is 1.74. The van der Waals surface area contributed by atoms with Gasteiger partial charge >= 0.3 is 0 Å². The maximum absolute atomic E-state index is 4.14. The van der Waals surface area contributed by atoms with E-state index in [9.17, 15) is 0 Å². The molecule has 0 aromatic carbocycles. The summed E-state index contributed by atoms with van der Waals surface area (Å²) in [6, 6.07) is 0. The summed E-state index contributed by atoms with van der Waals surface area (Å²) >= 11 is 0. The summed E-state index contributed by atoms with van der Waals surface area (Å²) < 4.78 is 0. The molecular formula is C13H20. The molecule has 0 amide bonds. The number of hydrogen-bond acceptors (Lipinski definition) is 0. The van der Waals surface area contributed by atoms with Crippen molar-refractivity contribution >= 4 is 0 Å². The minimum Gasteiger partial charge on any atom is -0.0952 e. The van der Waals surface area contributed by atoms with Gasteiger partial charge in [-0.25, -0.2) is 0 Å². The molecule has 0 aromatic heterocycles. The smallest absolute Gasteiger partial charge is 0.00671 e. The Morgan fingerprint density at radius 3 is 2.23 bits per heavy atom. The van der Waals surface area contributed by atoms with E-state index in [2.05, 4.69) is 47.3 Å². The highest BCUT2D eigenvalue weighted by Gasteiger charge is 2.22. The van der Waals surface area contributed by atoms with Crippen LogP contribution < -0.4 is 0 Å². The molecule has 0 saturated heterocycles. The molecule has 0 nitrogen and oxygen atoms in total. The average molecular weight is 176 g/mol. The average Bonchev–Trinajstić information content (AvgIpc) is 1.94. The Balaban J connectivity index is 3.12. The van der Waals surface area contributed by atoms with Gasteiger partial charge in [-0.3, -0.25) is 0 Å². The fraction of sp³-hybridized carbons (Fsp3) is 0.538. The van der Waals surface area contributed by atoms with E-state index >= 15 is 0 Å². The lowest BCUT2D eigenvalue weighted by molar-refractivity contribution is 0.506. The fourth-order valence-electron chi connectivity index (χ4n) is 1.74. The molecule has 0 aromatic rings. The van der Waals surface area contributed by atoms with Crippen LogP contribution in [0.2, 0.25) is 0 Å². The number of allylic oxidation sites excluding steroid dienone is 5. The lowest BCUT2D eigenvalue weighted by atomic mass is 9.76. The van der Waals surface area contributed by atoms with Gasteiger partial charge in [-0.2, -0.15) is 0 Å². The summed E-state index contributed by atoms with van der Waals surface area (Å²) in [5.74, 6) is 0. The van der Waals surface area contributed by atoms with Crippen molar-refractivity contribution in [1.82, 2.24) is 0 Å². The molecule has 1 rings (SSSR count). The summed E-state index contributed by atoms with van der Waals surface area (Å²) in [5.41, 5.74) is 5.81. The third-order valence-electron chi connectivity index (χ3n) is 2.70. The van der Waals surface area contributed by atoms with Crippen molar-refractivity contribution < 1.29 is 0 Å². The van der Waals surface area contributed by atoms with Crippen LogP contribution in [0.5, 0.6) is 0 Å². The number of hydrogen-bond donors (Lipinski definition) is 0. The summed E-state index contributed by atoms with van der Waals surface area (Å²) in [4.78, 5) is 0. The molecule has 0 bridgehead atoms. The Labute approximate surface area is 82.0 Å². The summed E-state index contributed by atoms with van der Waals surface area (Å²) in [6.07, 6.45) is 3.34. The van der Waals surface area contributed by atoms with Crippen LogP contribution in [0, 0.1) is 5.41 Å². The normalized spacial score (nSPS) is 19.2. The first-order chi connectivity index (χ1) is 5.82. The van der Waals surface area contributed by atoms with Crippen LogP contribution in [-0.2, 0) is 0 Å². The van der Waals surface area contributed by atoms with Crippen LogP contribution >= 0.6 is 0 Å². The first-order valence-corrected chi connectivity index (χ1v) is 4.89. The van der Waals surface area contributed by atoms with Gasteiger partial charge in [-0.05, 0) is 36.8 Å². The SMILES string of the molecule is C=C1CC(C)=C(C)C=C1C(C)(C)C. The summed E-state index contributed by atoms with van der Waals surface area (Å²) in [6.45, 7) is 15.3. The van der Waals surface area contributed by atoms with E-state index in [0.717, 1.165) is 6.42 Å². The molecule has 0 radical (unpaired) electrons. The monoisotopic (exact) mass is 176 g/mol. The molecule has 0 heteroatoms. The van der Waals surface area contributed by atoms with E-state index in [-0.39, 0.29) is 5.41 Å². The van der Waals surface area contributed by atoms with E-state index in [1.54, 1.807) is 0 Å². The Hall–Kier alpha value is -0.780. The van der Waals surface area contributed by atoms with Crippen molar-refractivity contribution in [3.63, 3.8) is 0 Å². The van der Waals surface area contributed by atoms with Gasteiger partial charge in [0, 0.05) is 0 Å². The van der Waals surface area contributed by atoms with E-state index in [0.29, 0.717) is 0 Å². The second-order valence-corrected chi connectivity index (χ2v) is 5.05. The van der Waals surface area contributed by atoms with Gasteiger partial charge in [0.25, 0.3) is 0 Å². The predicted octanol–water partition coefficient (Wildman–Crippen LogP) is 4.26. The van der Waals surface area contributed by atoms with Crippen molar-refractivity contribution in [3.05, 3.63) is 34.9 Å². The topological polar surface area (TPSA) is 0 Å². The molecule has 1 aliphatic rings. The Morgan fingerprint density at radius 2 is 1.77 bits per heavy atom. The van der Waals surface area contributed by atoms with Gasteiger partial charge in [0.2, 0.25) is 0 Å². The molecule has 0 N–H and O–H groups in total. The first kappa shape index (κ1) is 10.3. The molecule has 0 unspecified atom stereocenters. The van der Waals surface area contributed by atoms with Crippen molar-refractivity contribution in [2.45, 2.75) is 41.0 Å². The van der Waals surface area contributed by atoms with Crippen LogP contribution in [0.1, 0.15) is 41.0 Å². The molecule has 13 heavy (non-hydrogen) atoms. The summed E-state index contributed by atoms with van der Waals surface area (Å²) in [7, 11) is 0. The molecule has 0 aliphatic heterocycles. The van der Waals surface area contributed by atoms with Gasteiger partial charge in [-0.15, -0.1) is 0 Å². The van der Waals surface area contributed by atoms with Crippen LogP contribution in [0.15, 0.2) is 34.9 Å². The minimum absolute atomic E-state index is 0.235. The van der Waals surface area contributed by atoms with Crippen molar-refractivity contribution in [3.8, 4) is 0 Å². The van der Waals surface area contributed by atoms with Crippen LogP contribution in [0.25, 0.3) is 0 Å². The van der Waals surface area contributed by atoms with Gasteiger partial charge in [0.15, 0.2) is 0 Å². The second-order valence-electron chi connectivity index (χ2n) is 5.05. The summed E-state index contributed by atoms with van der Waals surface area (Å²) in [5, 5.41) is 0. The third kappa shape index (κ3) is 2.12.